The highest BCUT2D eigenvalue weighted by atomic mass is 16.1. The van der Waals surface area contributed by atoms with Gasteiger partial charge in [-0.2, -0.15) is 5.26 Å². The van der Waals surface area contributed by atoms with Crippen molar-refractivity contribution in [2.75, 3.05) is 0 Å². The lowest BCUT2D eigenvalue weighted by Crippen LogP contribution is -1.93. The molecular formula is C7H6N2O. The van der Waals surface area contributed by atoms with Crippen LogP contribution >= 0.6 is 0 Å². The Kier molecular flexibility index (Phi) is 1.86. The average Bonchev–Trinajstić information content (AvgIpc) is 2.37. The van der Waals surface area contributed by atoms with Crippen molar-refractivity contribution in [3.05, 3.63) is 24.0 Å². The smallest absolute Gasteiger partial charge is 0.139 e. The third-order valence-corrected chi connectivity index (χ3v) is 1.16. The summed E-state index contributed by atoms with van der Waals surface area (Å²) in [4.78, 5) is 9.97. The summed E-state index contributed by atoms with van der Waals surface area (Å²) in [6.45, 7) is 0.321. The van der Waals surface area contributed by atoms with Crippen molar-refractivity contribution in [3.8, 4) is 6.07 Å². The first-order valence-corrected chi connectivity index (χ1v) is 2.86. The number of nitriles is 1. The fourth-order valence-corrected chi connectivity index (χ4v) is 0.707. The maximum Gasteiger partial charge on any atom is 0.139 e. The summed E-state index contributed by atoms with van der Waals surface area (Å²) in [5.41, 5.74) is 0.585. The second-order valence-corrected chi connectivity index (χ2v) is 1.88. The number of carbonyl (C=O) groups is 1. The summed E-state index contributed by atoms with van der Waals surface area (Å²) >= 11 is 0. The lowest BCUT2D eigenvalue weighted by molar-refractivity contribution is -0.108. The summed E-state index contributed by atoms with van der Waals surface area (Å²) in [5.74, 6) is 0. The molecule has 0 N–H and O–H groups in total. The predicted octanol–water partition coefficient (Wildman–Crippen LogP) is 0.559. The number of aldehydes is 1. The Labute approximate surface area is 58.5 Å². The van der Waals surface area contributed by atoms with Crippen LogP contribution in [0, 0.1) is 11.3 Å². The molecule has 0 spiro atoms. The van der Waals surface area contributed by atoms with Gasteiger partial charge in [0.2, 0.25) is 0 Å². The molecule has 3 nitrogen and oxygen atoms in total. The highest BCUT2D eigenvalue weighted by molar-refractivity contribution is 5.49. The van der Waals surface area contributed by atoms with Crippen LogP contribution in [0.4, 0.5) is 0 Å². The fourth-order valence-electron chi connectivity index (χ4n) is 0.707. The summed E-state index contributed by atoms with van der Waals surface area (Å²) in [6, 6.07) is 3.64. The molecule has 1 aromatic heterocycles. The van der Waals surface area contributed by atoms with Gasteiger partial charge in [0, 0.05) is 12.4 Å². The summed E-state index contributed by atoms with van der Waals surface area (Å²) in [5, 5.41) is 8.37. The van der Waals surface area contributed by atoms with Crippen LogP contribution in [0.3, 0.4) is 0 Å². The van der Waals surface area contributed by atoms with Crippen LogP contribution < -0.4 is 0 Å². The van der Waals surface area contributed by atoms with Crippen LogP contribution in [0.15, 0.2) is 18.5 Å². The lowest BCUT2D eigenvalue weighted by atomic mass is 10.4. The molecule has 0 atom stereocenters. The van der Waals surface area contributed by atoms with Crippen LogP contribution in [0.2, 0.25) is 0 Å². The van der Waals surface area contributed by atoms with Crippen molar-refractivity contribution in [1.29, 1.82) is 5.26 Å². The van der Waals surface area contributed by atoms with Crippen LogP contribution in [0.5, 0.6) is 0 Å². The number of hydrogen-bond donors (Lipinski definition) is 0. The zero-order chi connectivity index (χ0) is 7.40. The summed E-state index contributed by atoms with van der Waals surface area (Å²) in [6.07, 6.45) is 4.13. The number of aromatic nitrogens is 1. The standard InChI is InChI=1S/C7H6N2O/c8-5-7-1-2-9(6-7)3-4-10/h1-2,4,6H,3H2. The first-order valence-electron chi connectivity index (χ1n) is 2.86. The molecule has 0 aliphatic rings. The lowest BCUT2D eigenvalue weighted by Gasteiger charge is -1.89. The van der Waals surface area contributed by atoms with E-state index in [1.807, 2.05) is 6.07 Å². The molecular weight excluding hydrogens is 128 g/mol. The molecule has 0 bridgehead atoms. The van der Waals surface area contributed by atoms with E-state index < -0.39 is 0 Å². The second-order valence-electron chi connectivity index (χ2n) is 1.88. The van der Waals surface area contributed by atoms with Gasteiger partial charge in [-0.25, -0.2) is 0 Å². The minimum absolute atomic E-state index is 0.321. The Hall–Kier alpha value is -1.56. The van der Waals surface area contributed by atoms with Gasteiger partial charge in [-0.15, -0.1) is 0 Å². The number of carbonyl (C=O) groups excluding carboxylic acids is 1. The van der Waals surface area contributed by atoms with Crippen LogP contribution in [0.25, 0.3) is 0 Å². The first-order chi connectivity index (χ1) is 4.86. The van der Waals surface area contributed by atoms with E-state index in [0.29, 0.717) is 12.1 Å². The van der Waals surface area contributed by atoms with Crippen molar-refractivity contribution < 1.29 is 4.79 Å². The minimum atomic E-state index is 0.321. The van der Waals surface area contributed by atoms with Crippen molar-refractivity contribution in [1.82, 2.24) is 4.57 Å². The van der Waals surface area contributed by atoms with Crippen molar-refractivity contribution >= 4 is 6.29 Å². The molecule has 10 heavy (non-hydrogen) atoms. The minimum Gasteiger partial charge on any atom is -0.346 e. The van der Waals surface area contributed by atoms with E-state index in [9.17, 15) is 4.79 Å². The first kappa shape index (κ1) is 6.56. The normalized spacial score (nSPS) is 8.70. The molecule has 0 unspecified atom stereocenters. The molecule has 0 amide bonds. The van der Waals surface area contributed by atoms with Crippen molar-refractivity contribution in [2.24, 2.45) is 0 Å². The Morgan fingerprint density at radius 3 is 3.10 bits per heavy atom. The van der Waals surface area contributed by atoms with Gasteiger partial charge < -0.3 is 9.36 Å². The molecule has 50 valence electrons. The van der Waals surface area contributed by atoms with Gasteiger partial charge in [0.1, 0.15) is 12.4 Å². The van der Waals surface area contributed by atoms with Crippen molar-refractivity contribution in [3.63, 3.8) is 0 Å². The van der Waals surface area contributed by atoms with Gasteiger partial charge >= 0.3 is 0 Å². The molecule has 0 radical (unpaired) electrons. The molecule has 3 heteroatoms. The third-order valence-electron chi connectivity index (χ3n) is 1.16. The van der Waals surface area contributed by atoms with Crippen LogP contribution in [-0.4, -0.2) is 10.9 Å². The molecule has 0 aliphatic carbocycles. The van der Waals surface area contributed by atoms with Gasteiger partial charge in [-0.05, 0) is 6.07 Å². The van der Waals surface area contributed by atoms with Gasteiger partial charge in [-0.3, -0.25) is 0 Å². The summed E-state index contributed by atoms with van der Waals surface area (Å²) < 4.78 is 1.66. The van der Waals surface area contributed by atoms with Crippen LogP contribution in [0.1, 0.15) is 5.56 Å². The van der Waals surface area contributed by atoms with E-state index in [1.165, 1.54) is 0 Å². The third kappa shape index (κ3) is 1.23. The fraction of sp³-hybridized carbons (Fsp3) is 0.143. The second kappa shape index (κ2) is 2.83. The Morgan fingerprint density at radius 2 is 2.60 bits per heavy atom. The molecule has 1 aromatic rings. The predicted molar refractivity (Wildman–Crippen MR) is 35.2 cm³/mol. The number of rotatable bonds is 2. The Balaban J connectivity index is 2.80. The SMILES string of the molecule is N#Cc1ccn(CC=O)c1. The molecule has 0 fully saturated rings. The van der Waals surface area contributed by atoms with Crippen LogP contribution in [-0.2, 0) is 11.3 Å². The van der Waals surface area contributed by atoms with Gasteiger partial charge in [0.25, 0.3) is 0 Å². The highest BCUT2D eigenvalue weighted by Gasteiger charge is 1.91. The molecule has 1 heterocycles. The van der Waals surface area contributed by atoms with E-state index in [1.54, 1.807) is 23.0 Å². The molecule has 0 saturated heterocycles. The largest absolute Gasteiger partial charge is 0.346 e. The number of nitrogens with zero attached hydrogens (tertiary/aromatic N) is 2. The highest BCUT2D eigenvalue weighted by Crippen LogP contribution is 1.96. The molecule has 0 aliphatic heterocycles. The van der Waals surface area contributed by atoms with E-state index in [-0.39, 0.29) is 0 Å². The van der Waals surface area contributed by atoms with E-state index in [2.05, 4.69) is 0 Å². The quantitative estimate of drug-likeness (QED) is 0.555. The topological polar surface area (TPSA) is 45.8 Å². The summed E-state index contributed by atoms with van der Waals surface area (Å²) in [7, 11) is 0. The molecule has 0 aromatic carbocycles. The van der Waals surface area contributed by atoms with Gasteiger partial charge in [0.15, 0.2) is 0 Å². The average molecular weight is 134 g/mol. The van der Waals surface area contributed by atoms with E-state index >= 15 is 0 Å². The molecule has 1 rings (SSSR count). The van der Waals surface area contributed by atoms with Crippen molar-refractivity contribution in [2.45, 2.75) is 6.54 Å². The maximum atomic E-state index is 9.97. The zero-order valence-electron chi connectivity index (χ0n) is 5.32. The Morgan fingerprint density at radius 1 is 1.80 bits per heavy atom. The number of hydrogen-bond acceptors (Lipinski definition) is 2. The monoisotopic (exact) mass is 134 g/mol. The zero-order valence-corrected chi connectivity index (χ0v) is 5.32. The Bertz CT molecular complexity index is 269. The van der Waals surface area contributed by atoms with E-state index in [4.69, 9.17) is 5.26 Å². The van der Waals surface area contributed by atoms with Gasteiger partial charge in [-0.1, -0.05) is 0 Å². The van der Waals surface area contributed by atoms with E-state index in [0.717, 1.165) is 6.29 Å². The maximum absolute atomic E-state index is 9.97. The molecule has 0 saturated carbocycles. The van der Waals surface area contributed by atoms with Gasteiger partial charge in [0.05, 0.1) is 12.1 Å².